The van der Waals surface area contributed by atoms with Gasteiger partial charge in [-0.1, -0.05) is 34.6 Å². The van der Waals surface area contributed by atoms with Gasteiger partial charge in [-0.05, 0) is 38.1 Å². The number of rotatable bonds is 4. The summed E-state index contributed by atoms with van der Waals surface area (Å²) in [5, 5.41) is 3.23. The van der Waals surface area contributed by atoms with Gasteiger partial charge in [-0.15, -0.1) is 0 Å². The van der Waals surface area contributed by atoms with Crippen LogP contribution in [-0.2, 0) is 4.79 Å². The molecule has 0 bridgehead atoms. The molecule has 2 unspecified atom stereocenters. The second-order valence-corrected chi connectivity index (χ2v) is 4.02. The molecule has 98 valence electrons. The van der Waals surface area contributed by atoms with E-state index < -0.39 is 0 Å². The van der Waals surface area contributed by atoms with Crippen molar-refractivity contribution in [2.45, 2.75) is 60.3 Å². The van der Waals surface area contributed by atoms with Crippen molar-refractivity contribution in [3.63, 3.8) is 0 Å². The molecule has 0 aromatic carbocycles. The van der Waals surface area contributed by atoms with Gasteiger partial charge in [0.05, 0.1) is 0 Å². The van der Waals surface area contributed by atoms with Crippen LogP contribution in [0.5, 0.6) is 0 Å². The molecule has 0 heterocycles. The third kappa shape index (κ3) is 5.64. The summed E-state index contributed by atoms with van der Waals surface area (Å²) in [6.45, 7) is 11.3. The highest BCUT2D eigenvalue weighted by Gasteiger charge is 2.36. The third-order valence-electron chi connectivity index (χ3n) is 3.23. The lowest BCUT2D eigenvalue weighted by atomic mass is 9.82. The first-order valence-electron chi connectivity index (χ1n) is 6.86. The predicted octanol–water partition coefficient (Wildman–Crippen LogP) is 3.65. The second kappa shape index (κ2) is 11.1. The van der Waals surface area contributed by atoms with Crippen LogP contribution in [0.15, 0.2) is 0 Å². The first-order valence-corrected chi connectivity index (χ1v) is 6.86. The zero-order chi connectivity index (χ0) is 13.0. The molecule has 0 amide bonds. The molecule has 2 heteroatoms. The Morgan fingerprint density at radius 3 is 2.19 bits per heavy atom. The molecule has 2 atom stereocenters. The fourth-order valence-corrected chi connectivity index (χ4v) is 2.35. The summed E-state index contributed by atoms with van der Waals surface area (Å²) in [5.41, 5.74) is 0.417. The van der Waals surface area contributed by atoms with E-state index >= 15 is 0 Å². The molecule has 0 aromatic rings. The number of hydrogen-bond acceptors (Lipinski definition) is 2. The first kappa shape index (κ1) is 18.0. The molecule has 1 saturated carbocycles. The Morgan fingerprint density at radius 1 is 1.31 bits per heavy atom. The highest BCUT2D eigenvalue weighted by Crippen LogP contribution is 2.42. The Balaban J connectivity index is 0. The van der Waals surface area contributed by atoms with Crippen molar-refractivity contribution in [3.8, 4) is 0 Å². The van der Waals surface area contributed by atoms with Crippen LogP contribution in [0.2, 0.25) is 0 Å². The maximum absolute atomic E-state index is 10.6. The maximum atomic E-state index is 10.6. The van der Waals surface area contributed by atoms with E-state index in [1.54, 1.807) is 0 Å². The molecule has 0 aliphatic heterocycles. The monoisotopic (exact) mass is 229 g/mol. The second-order valence-electron chi connectivity index (χ2n) is 4.02. The minimum Gasteiger partial charge on any atom is -0.319 e. The van der Waals surface area contributed by atoms with Gasteiger partial charge in [0.15, 0.2) is 0 Å². The van der Waals surface area contributed by atoms with E-state index in [2.05, 4.69) is 12.2 Å². The predicted molar refractivity (Wildman–Crippen MR) is 72.8 cm³/mol. The summed E-state index contributed by atoms with van der Waals surface area (Å²) in [6.07, 6.45) is 5.73. The van der Waals surface area contributed by atoms with Crippen LogP contribution in [0, 0.1) is 11.3 Å². The molecule has 0 radical (unpaired) electrons. The zero-order valence-corrected chi connectivity index (χ0v) is 12.1. The van der Waals surface area contributed by atoms with Gasteiger partial charge in [-0.2, -0.15) is 0 Å². The average molecular weight is 229 g/mol. The maximum Gasteiger partial charge on any atom is 0.123 e. The van der Waals surface area contributed by atoms with Crippen molar-refractivity contribution in [1.82, 2.24) is 5.32 Å². The summed E-state index contributed by atoms with van der Waals surface area (Å²) in [5.74, 6) is 0.332. The van der Waals surface area contributed by atoms with Crippen molar-refractivity contribution in [3.05, 3.63) is 0 Å². The zero-order valence-electron chi connectivity index (χ0n) is 12.1. The summed E-state index contributed by atoms with van der Waals surface area (Å²) in [7, 11) is 1.99. The number of nitrogens with one attached hydrogen (secondary N) is 1. The molecule has 1 aliphatic rings. The van der Waals surface area contributed by atoms with Gasteiger partial charge >= 0.3 is 0 Å². The van der Waals surface area contributed by atoms with Crippen LogP contribution >= 0.6 is 0 Å². The molecule has 1 aliphatic carbocycles. The molecular formula is C14H31NO. The van der Waals surface area contributed by atoms with Gasteiger partial charge in [0.1, 0.15) is 6.29 Å². The SMILES string of the molecule is CC.CC.CCC1(CNC)CCC(C=O)C1. The van der Waals surface area contributed by atoms with Crippen molar-refractivity contribution < 1.29 is 4.79 Å². The summed E-state index contributed by atoms with van der Waals surface area (Å²) in [4.78, 5) is 10.6. The topological polar surface area (TPSA) is 29.1 Å². The largest absolute Gasteiger partial charge is 0.319 e. The van der Waals surface area contributed by atoms with Crippen LogP contribution in [0.1, 0.15) is 60.3 Å². The standard InChI is InChI=1S/C10H19NO.2C2H6/c1-3-10(8-11-2)5-4-9(6-10)7-12;2*1-2/h7,9,11H,3-6,8H2,1-2H3;2*1-2H3. The molecule has 1 rings (SSSR count). The van der Waals surface area contributed by atoms with Gasteiger partial charge in [-0.25, -0.2) is 0 Å². The average Bonchev–Trinajstić information content (AvgIpc) is 2.79. The fourth-order valence-electron chi connectivity index (χ4n) is 2.35. The van der Waals surface area contributed by atoms with Crippen molar-refractivity contribution in [1.29, 1.82) is 0 Å². The summed E-state index contributed by atoms with van der Waals surface area (Å²) >= 11 is 0. The lowest BCUT2D eigenvalue weighted by Crippen LogP contribution is -2.29. The number of hydrogen-bond donors (Lipinski definition) is 1. The van der Waals surface area contributed by atoms with Crippen LogP contribution in [0.3, 0.4) is 0 Å². The molecular weight excluding hydrogens is 198 g/mol. The fraction of sp³-hybridized carbons (Fsp3) is 0.929. The molecule has 2 nitrogen and oxygen atoms in total. The van der Waals surface area contributed by atoms with E-state index in [4.69, 9.17) is 0 Å². The lowest BCUT2D eigenvalue weighted by molar-refractivity contribution is -0.111. The molecule has 0 aromatic heterocycles. The van der Waals surface area contributed by atoms with Gasteiger partial charge in [0.25, 0.3) is 0 Å². The normalized spacial score (nSPS) is 27.2. The van der Waals surface area contributed by atoms with Gasteiger partial charge in [0, 0.05) is 12.5 Å². The molecule has 0 saturated heterocycles. The van der Waals surface area contributed by atoms with E-state index in [1.807, 2.05) is 34.7 Å². The number of aldehydes is 1. The number of carbonyl (C=O) groups excluding carboxylic acids is 1. The van der Waals surface area contributed by atoms with E-state index in [-0.39, 0.29) is 0 Å². The van der Waals surface area contributed by atoms with Crippen molar-refractivity contribution in [2.75, 3.05) is 13.6 Å². The van der Waals surface area contributed by atoms with Crippen molar-refractivity contribution in [2.24, 2.45) is 11.3 Å². The van der Waals surface area contributed by atoms with Crippen LogP contribution in [0.25, 0.3) is 0 Å². The number of carbonyl (C=O) groups is 1. The Labute approximate surface area is 102 Å². The smallest absolute Gasteiger partial charge is 0.123 e. The van der Waals surface area contributed by atoms with E-state index in [9.17, 15) is 4.79 Å². The van der Waals surface area contributed by atoms with Gasteiger partial charge in [-0.3, -0.25) is 0 Å². The Morgan fingerprint density at radius 2 is 1.88 bits per heavy atom. The molecule has 0 spiro atoms. The third-order valence-corrected chi connectivity index (χ3v) is 3.23. The summed E-state index contributed by atoms with van der Waals surface area (Å²) < 4.78 is 0. The van der Waals surface area contributed by atoms with E-state index in [1.165, 1.54) is 12.8 Å². The Hall–Kier alpha value is -0.370. The molecule has 16 heavy (non-hydrogen) atoms. The van der Waals surface area contributed by atoms with Crippen LogP contribution in [-0.4, -0.2) is 19.9 Å². The lowest BCUT2D eigenvalue weighted by Gasteiger charge is -2.27. The quantitative estimate of drug-likeness (QED) is 0.746. The Kier molecular flexibility index (Phi) is 12.5. The van der Waals surface area contributed by atoms with Crippen LogP contribution < -0.4 is 5.32 Å². The minimum absolute atomic E-state index is 0.332. The van der Waals surface area contributed by atoms with Crippen molar-refractivity contribution >= 4 is 6.29 Å². The highest BCUT2D eigenvalue weighted by molar-refractivity contribution is 5.54. The molecule has 1 N–H and O–H groups in total. The highest BCUT2D eigenvalue weighted by atomic mass is 16.1. The van der Waals surface area contributed by atoms with E-state index in [0.29, 0.717) is 11.3 Å². The van der Waals surface area contributed by atoms with E-state index in [0.717, 1.165) is 25.7 Å². The van der Waals surface area contributed by atoms with Crippen LogP contribution in [0.4, 0.5) is 0 Å². The first-order chi connectivity index (χ1) is 7.76. The molecule has 1 fully saturated rings. The van der Waals surface area contributed by atoms with Gasteiger partial charge in [0.2, 0.25) is 0 Å². The summed E-state index contributed by atoms with van der Waals surface area (Å²) in [6, 6.07) is 0. The Bertz CT molecular complexity index is 159. The van der Waals surface area contributed by atoms with Gasteiger partial charge < -0.3 is 10.1 Å². The minimum atomic E-state index is 0.332.